The van der Waals surface area contributed by atoms with Gasteiger partial charge in [-0.15, -0.1) is 0 Å². The molecule has 1 unspecified atom stereocenters. The fourth-order valence-corrected chi connectivity index (χ4v) is 2.72. The quantitative estimate of drug-likeness (QED) is 0.709. The highest BCUT2D eigenvalue weighted by Gasteiger charge is 2.15. The maximum absolute atomic E-state index is 10.8. The second-order valence-electron chi connectivity index (χ2n) is 5.19. The van der Waals surface area contributed by atoms with Crippen LogP contribution in [0.4, 0.5) is 0 Å². The molecular formula is C21H18O. The highest BCUT2D eigenvalue weighted by Crippen LogP contribution is 2.33. The van der Waals surface area contributed by atoms with Crippen LogP contribution >= 0.6 is 0 Å². The van der Waals surface area contributed by atoms with Gasteiger partial charge in [-0.05, 0) is 27.8 Å². The summed E-state index contributed by atoms with van der Waals surface area (Å²) in [7, 11) is 0. The van der Waals surface area contributed by atoms with Gasteiger partial charge in [0, 0.05) is 0 Å². The molecule has 0 aliphatic heterocycles. The Balaban J connectivity index is 2.13. The third-order valence-corrected chi connectivity index (χ3v) is 3.84. The maximum atomic E-state index is 10.8. The monoisotopic (exact) mass is 286 g/mol. The molecular weight excluding hydrogens is 268 g/mol. The molecule has 0 saturated carbocycles. The van der Waals surface area contributed by atoms with Crippen LogP contribution < -0.4 is 0 Å². The highest BCUT2D eigenvalue weighted by atomic mass is 16.3. The molecule has 3 rings (SSSR count). The van der Waals surface area contributed by atoms with Gasteiger partial charge in [-0.2, -0.15) is 0 Å². The summed E-state index contributed by atoms with van der Waals surface area (Å²) in [5.74, 6) is 0. The normalized spacial score (nSPS) is 11.9. The zero-order chi connectivity index (χ0) is 15.4. The summed E-state index contributed by atoms with van der Waals surface area (Å²) in [5, 5.41) is 10.8. The molecule has 0 spiro atoms. The molecule has 1 heteroatoms. The number of aliphatic hydroxyl groups excluding tert-OH is 1. The van der Waals surface area contributed by atoms with Crippen LogP contribution in [0.1, 0.15) is 22.8 Å². The molecule has 3 aromatic carbocycles. The van der Waals surface area contributed by atoms with Gasteiger partial charge in [0.2, 0.25) is 0 Å². The minimum absolute atomic E-state index is 0.643. The van der Waals surface area contributed by atoms with Gasteiger partial charge in [0.25, 0.3) is 0 Å². The minimum atomic E-state index is -0.643. The third-order valence-electron chi connectivity index (χ3n) is 3.84. The van der Waals surface area contributed by atoms with Crippen molar-refractivity contribution in [1.29, 1.82) is 0 Å². The molecule has 1 N–H and O–H groups in total. The molecule has 108 valence electrons. The van der Waals surface area contributed by atoms with Crippen LogP contribution in [0.2, 0.25) is 0 Å². The van der Waals surface area contributed by atoms with Gasteiger partial charge in [0.05, 0.1) is 0 Å². The molecule has 0 heterocycles. The summed E-state index contributed by atoms with van der Waals surface area (Å²) in [4.78, 5) is 0. The average Bonchev–Trinajstić information content (AvgIpc) is 2.62. The first-order valence-electron chi connectivity index (χ1n) is 7.35. The number of hydrogen-bond acceptors (Lipinski definition) is 1. The van der Waals surface area contributed by atoms with Crippen molar-refractivity contribution in [2.45, 2.75) is 6.10 Å². The van der Waals surface area contributed by atoms with E-state index in [1.807, 2.05) is 78.9 Å². The lowest BCUT2D eigenvalue weighted by molar-refractivity contribution is 0.221. The van der Waals surface area contributed by atoms with Crippen LogP contribution in [0, 0.1) is 0 Å². The van der Waals surface area contributed by atoms with E-state index in [1.54, 1.807) is 0 Å². The highest BCUT2D eigenvalue weighted by molar-refractivity contribution is 5.77. The van der Waals surface area contributed by atoms with Crippen molar-refractivity contribution < 1.29 is 5.11 Å². The van der Waals surface area contributed by atoms with Crippen molar-refractivity contribution in [2.75, 3.05) is 0 Å². The zero-order valence-corrected chi connectivity index (χ0v) is 12.3. The first kappa shape index (κ1) is 14.3. The summed E-state index contributed by atoms with van der Waals surface area (Å²) in [6, 6.07) is 25.8. The fraction of sp³-hybridized carbons (Fsp3) is 0.0476. The van der Waals surface area contributed by atoms with Crippen molar-refractivity contribution in [3.63, 3.8) is 0 Å². The molecule has 22 heavy (non-hydrogen) atoms. The van der Waals surface area contributed by atoms with Crippen molar-refractivity contribution >= 4 is 6.08 Å². The van der Waals surface area contributed by atoms with Crippen LogP contribution in [0.25, 0.3) is 17.2 Å². The summed E-state index contributed by atoms with van der Waals surface area (Å²) in [6.45, 7) is 3.89. The Labute approximate surface area is 131 Å². The van der Waals surface area contributed by atoms with Crippen LogP contribution in [-0.2, 0) is 0 Å². The van der Waals surface area contributed by atoms with E-state index in [1.165, 1.54) is 0 Å². The lowest BCUT2D eigenvalue weighted by Gasteiger charge is -2.17. The van der Waals surface area contributed by atoms with E-state index in [2.05, 4.69) is 12.6 Å². The van der Waals surface area contributed by atoms with Gasteiger partial charge in [-0.3, -0.25) is 0 Å². The molecule has 0 amide bonds. The van der Waals surface area contributed by atoms with E-state index in [4.69, 9.17) is 0 Å². The molecule has 0 aliphatic carbocycles. The van der Waals surface area contributed by atoms with Crippen molar-refractivity contribution in [1.82, 2.24) is 0 Å². The summed E-state index contributed by atoms with van der Waals surface area (Å²) >= 11 is 0. The fourth-order valence-electron chi connectivity index (χ4n) is 2.72. The maximum Gasteiger partial charge on any atom is 0.105 e. The summed E-state index contributed by atoms with van der Waals surface area (Å²) < 4.78 is 0. The molecule has 1 nitrogen and oxygen atoms in total. The summed E-state index contributed by atoms with van der Waals surface area (Å²) in [5.41, 5.74) is 4.99. The molecule has 0 radical (unpaired) electrons. The van der Waals surface area contributed by atoms with Crippen molar-refractivity contribution in [3.05, 3.63) is 102 Å². The Hall–Kier alpha value is -2.64. The van der Waals surface area contributed by atoms with Crippen LogP contribution in [0.5, 0.6) is 0 Å². The van der Waals surface area contributed by atoms with Gasteiger partial charge in [0.15, 0.2) is 0 Å². The molecule has 0 aliphatic rings. The van der Waals surface area contributed by atoms with Crippen molar-refractivity contribution in [2.24, 2.45) is 0 Å². The molecule has 0 aromatic heterocycles. The number of rotatable bonds is 4. The molecule has 0 bridgehead atoms. The number of aliphatic hydroxyl groups is 1. The Kier molecular flexibility index (Phi) is 4.17. The van der Waals surface area contributed by atoms with Gasteiger partial charge < -0.3 is 5.11 Å². The second-order valence-corrected chi connectivity index (χ2v) is 5.19. The smallest absolute Gasteiger partial charge is 0.105 e. The van der Waals surface area contributed by atoms with E-state index in [9.17, 15) is 5.11 Å². The second kappa shape index (κ2) is 6.42. The molecule has 0 fully saturated rings. The first-order chi connectivity index (χ1) is 10.8. The standard InChI is InChI=1S/C21H18O/c1-2-16-10-6-7-13-18(16)19-14-8-9-15-20(19)21(22)17-11-4-3-5-12-17/h2-15,21-22H,1H2. The van der Waals surface area contributed by atoms with E-state index >= 15 is 0 Å². The first-order valence-corrected chi connectivity index (χ1v) is 7.35. The number of benzene rings is 3. The van der Waals surface area contributed by atoms with Gasteiger partial charge in [-0.25, -0.2) is 0 Å². The van der Waals surface area contributed by atoms with Crippen molar-refractivity contribution in [3.8, 4) is 11.1 Å². The lowest BCUT2D eigenvalue weighted by Crippen LogP contribution is -2.02. The predicted octanol–water partition coefficient (Wildman–Crippen LogP) is 5.08. The van der Waals surface area contributed by atoms with Crippen LogP contribution in [-0.4, -0.2) is 5.11 Å². The molecule has 3 aromatic rings. The Morgan fingerprint density at radius 2 is 1.32 bits per heavy atom. The van der Waals surface area contributed by atoms with Crippen LogP contribution in [0.3, 0.4) is 0 Å². The Bertz CT molecular complexity index is 775. The summed E-state index contributed by atoms with van der Waals surface area (Å²) in [6.07, 6.45) is 1.20. The van der Waals surface area contributed by atoms with Gasteiger partial charge in [-0.1, -0.05) is 91.5 Å². The Morgan fingerprint density at radius 1 is 0.727 bits per heavy atom. The van der Waals surface area contributed by atoms with Gasteiger partial charge in [0.1, 0.15) is 6.10 Å². The van der Waals surface area contributed by atoms with Gasteiger partial charge >= 0.3 is 0 Å². The minimum Gasteiger partial charge on any atom is -0.384 e. The van der Waals surface area contributed by atoms with E-state index in [0.717, 1.165) is 27.8 Å². The number of hydrogen-bond donors (Lipinski definition) is 1. The largest absolute Gasteiger partial charge is 0.384 e. The SMILES string of the molecule is C=Cc1ccccc1-c1ccccc1C(O)c1ccccc1. The van der Waals surface area contributed by atoms with E-state index in [-0.39, 0.29) is 0 Å². The van der Waals surface area contributed by atoms with E-state index in [0.29, 0.717) is 0 Å². The van der Waals surface area contributed by atoms with E-state index < -0.39 is 6.10 Å². The Morgan fingerprint density at radius 3 is 2.05 bits per heavy atom. The molecule has 0 saturated heterocycles. The van der Waals surface area contributed by atoms with Crippen LogP contribution in [0.15, 0.2) is 85.4 Å². The molecule has 1 atom stereocenters. The topological polar surface area (TPSA) is 20.2 Å². The zero-order valence-electron chi connectivity index (χ0n) is 12.3. The average molecular weight is 286 g/mol. The predicted molar refractivity (Wildman–Crippen MR) is 92.5 cm³/mol. The third kappa shape index (κ3) is 2.72. The lowest BCUT2D eigenvalue weighted by atomic mass is 9.90.